The molecule has 0 aliphatic heterocycles. The lowest BCUT2D eigenvalue weighted by molar-refractivity contribution is -0.142. The van der Waals surface area contributed by atoms with E-state index in [-0.39, 0.29) is 12.3 Å². The lowest BCUT2D eigenvalue weighted by Gasteiger charge is -2.13. The van der Waals surface area contributed by atoms with Crippen LogP contribution in [-0.2, 0) is 9.59 Å². The minimum absolute atomic E-state index is 0.247. The molecule has 2 N–H and O–H groups in total. The summed E-state index contributed by atoms with van der Waals surface area (Å²) in [5.74, 6) is -0.449. The molecule has 0 bridgehead atoms. The Morgan fingerprint density at radius 1 is 1.38 bits per heavy atom. The Morgan fingerprint density at radius 2 is 2.14 bits per heavy atom. The monoisotopic (exact) mass is 293 g/mol. The molecule has 1 amide bonds. The quantitative estimate of drug-likeness (QED) is 0.686. The number of carboxylic acid groups (broad SMARTS) is 1. The van der Waals surface area contributed by atoms with Gasteiger partial charge in [0.25, 0.3) is 0 Å². The van der Waals surface area contributed by atoms with E-state index in [2.05, 4.69) is 5.32 Å². The molecule has 1 atom stereocenters. The molecular weight excluding hydrogens is 270 g/mol. The first-order valence-corrected chi connectivity index (χ1v) is 7.24. The number of nitrogens with one attached hydrogen (secondary N) is 1. The van der Waals surface area contributed by atoms with E-state index in [9.17, 15) is 9.59 Å². The lowest BCUT2D eigenvalue weighted by Crippen LogP contribution is -2.40. The molecule has 21 heavy (non-hydrogen) atoms. The molecule has 0 radical (unpaired) electrons. The normalized spacial score (nSPS) is 11.7. The lowest BCUT2D eigenvalue weighted by atomic mass is 10.1. The van der Waals surface area contributed by atoms with E-state index in [4.69, 9.17) is 9.84 Å². The highest BCUT2D eigenvalue weighted by molar-refractivity contribution is 5.83. The molecule has 0 heterocycles. The van der Waals surface area contributed by atoms with E-state index in [1.54, 1.807) is 0 Å². The average molecular weight is 293 g/mol. The number of aliphatic carboxylic acids is 1. The molecule has 5 heteroatoms. The van der Waals surface area contributed by atoms with Gasteiger partial charge in [-0.1, -0.05) is 25.5 Å². The minimum Gasteiger partial charge on any atom is -0.494 e. The molecule has 0 saturated carbocycles. The molecule has 0 aromatic heterocycles. The van der Waals surface area contributed by atoms with Gasteiger partial charge in [0.2, 0.25) is 5.91 Å². The maximum atomic E-state index is 11.7. The van der Waals surface area contributed by atoms with Crippen LogP contribution in [0.25, 0.3) is 0 Å². The summed E-state index contributed by atoms with van der Waals surface area (Å²) in [6, 6.07) is 6.91. The van der Waals surface area contributed by atoms with Crippen LogP contribution in [0.3, 0.4) is 0 Å². The number of benzene rings is 1. The summed E-state index contributed by atoms with van der Waals surface area (Å²) in [5.41, 5.74) is 1.12. The molecule has 1 aromatic carbocycles. The zero-order valence-corrected chi connectivity index (χ0v) is 12.6. The van der Waals surface area contributed by atoms with Gasteiger partial charge in [0.1, 0.15) is 11.8 Å². The summed E-state index contributed by atoms with van der Waals surface area (Å²) < 4.78 is 5.54. The van der Waals surface area contributed by atoms with E-state index in [0.29, 0.717) is 25.9 Å². The zero-order valence-electron chi connectivity index (χ0n) is 12.6. The number of ether oxygens (including phenoxy) is 1. The molecule has 0 saturated heterocycles. The van der Waals surface area contributed by atoms with Crippen LogP contribution in [0, 0.1) is 6.92 Å². The number of aryl methyl sites for hydroxylation is 1. The second kappa shape index (κ2) is 9.00. The summed E-state index contributed by atoms with van der Waals surface area (Å²) in [6.45, 7) is 4.31. The molecule has 1 aromatic rings. The highest BCUT2D eigenvalue weighted by Gasteiger charge is 2.18. The Balaban J connectivity index is 2.25. The summed E-state index contributed by atoms with van der Waals surface area (Å²) in [7, 11) is 0. The molecule has 0 aliphatic carbocycles. The fraction of sp³-hybridized carbons (Fsp3) is 0.500. The highest BCUT2D eigenvalue weighted by Crippen LogP contribution is 2.12. The van der Waals surface area contributed by atoms with Gasteiger partial charge in [-0.05, 0) is 37.5 Å². The molecule has 5 nitrogen and oxygen atoms in total. The molecule has 1 rings (SSSR count). The fourth-order valence-electron chi connectivity index (χ4n) is 1.94. The van der Waals surface area contributed by atoms with Gasteiger partial charge in [0, 0.05) is 6.42 Å². The fourth-order valence-corrected chi connectivity index (χ4v) is 1.94. The number of hydrogen-bond donors (Lipinski definition) is 2. The van der Waals surface area contributed by atoms with Crippen molar-refractivity contribution in [1.29, 1.82) is 0 Å². The van der Waals surface area contributed by atoms with E-state index in [1.807, 2.05) is 38.1 Å². The molecule has 0 spiro atoms. The summed E-state index contributed by atoms with van der Waals surface area (Å²) in [5, 5.41) is 11.5. The van der Waals surface area contributed by atoms with Crippen molar-refractivity contribution >= 4 is 11.9 Å². The summed E-state index contributed by atoms with van der Waals surface area (Å²) in [4.78, 5) is 22.6. The smallest absolute Gasteiger partial charge is 0.326 e. The zero-order chi connectivity index (χ0) is 15.7. The molecule has 0 aliphatic rings. The Morgan fingerprint density at radius 3 is 2.76 bits per heavy atom. The number of hydrogen-bond acceptors (Lipinski definition) is 3. The highest BCUT2D eigenvalue weighted by atomic mass is 16.5. The largest absolute Gasteiger partial charge is 0.494 e. The predicted octanol–water partition coefficient (Wildman–Crippen LogP) is 2.52. The minimum atomic E-state index is -0.985. The Bertz CT molecular complexity index is 473. The van der Waals surface area contributed by atoms with E-state index >= 15 is 0 Å². The molecular formula is C16H23NO4. The second-order valence-electron chi connectivity index (χ2n) is 5.02. The van der Waals surface area contributed by atoms with Gasteiger partial charge in [-0.3, -0.25) is 4.79 Å². The van der Waals surface area contributed by atoms with Gasteiger partial charge in [-0.15, -0.1) is 0 Å². The second-order valence-corrected chi connectivity index (χ2v) is 5.02. The Kier molecular flexibility index (Phi) is 7.29. The van der Waals surface area contributed by atoms with Gasteiger partial charge in [-0.25, -0.2) is 4.79 Å². The number of amides is 1. The van der Waals surface area contributed by atoms with E-state index in [1.165, 1.54) is 0 Å². The average Bonchev–Trinajstić information content (AvgIpc) is 2.43. The van der Waals surface area contributed by atoms with Crippen molar-refractivity contribution in [2.24, 2.45) is 0 Å². The van der Waals surface area contributed by atoms with Gasteiger partial charge in [-0.2, -0.15) is 0 Å². The van der Waals surface area contributed by atoms with Gasteiger partial charge >= 0.3 is 5.97 Å². The summed E-state index contributed by atoms with van der Waals surface area (Å²) in [6.07, 6.45) is 1.98. The van der Waals surface area contributed by atoms with Crippen LogP contribution < -0.4 is 10.1 Å². The van der Waals surface area contributed by atoms with Crippen LogP contribution in [-0.4, -0.2) is 29.6 Å². The number of carbonyl (C=O) groups excluding carboxylic acids is 1. The summed E-state index contributed by atoms with van der Waals surface area (Å²) >= 11 is 0. The molecule has 0 fully saturated rings. The number of carbonyl (C=O) groups is 2. The SMILES string of the molecule is CCC[C@H](NC(=O)CCCOc1cccc(C)c1)C(=O)O. The molecule has 0 unspecified atom stereocenters. The van der Waals surface area contributed by atoms with Crippen molar-refractivity contribution in [3.05, 3.63) is 29.8 Å². The van der Waals surface area contributed by atoms with Crippen molar-refractivity contribution in [3.8, 4) is 5.75 Å². The van der Waals surface area contributed by atoms with Crippen LogP contribution in [0.4, 0.5) is 0 Å². The number of rotatable bonds is 9. The third-order valence-electron chi connectivity index (χ3n) is 3.02. The van der Waals surface area contributed by atoms with Crippen molar-refractivity contribution in [2.75, 3.05) is 6.61 Å². The van der Waals surface area contributed by atoms with Crippen molar-refractivity contribution in [1.82, 2.24) is 5.32 Å². The van der Waals surface area contributed by atoms with Crippen molar-refractivity contribution < 1.29 is 19.4 Å². The van der Waals surface area contributed by atoms with Gasteiger partial charge < -0.3 is 15.2 Å². The van der Waals surface area contributed by atoms with Crippen LogP contribution in [0.15, 0.2) is 24.3 Å². The Labute approximate surface area is 125 Å². The third kappa shape index (κ3) is 6.79. The van der Waals surface area contributed by atoms with Crippen LogP contribution >= 0.6 is 0 Å². The van der Waals surface area contributed by atoms with Crippen LogP contribution in [0.2, 0.25) is 0 Å². The first kappa shape index (κ1) is 17.0. The topological polar surface area (TPSA) is 75.6 Å². The van der Waals surface area contributed by atoms with Crippen molar-refractivity contribution in [2.45, 2.75) is 45.6 Å². The number of carboxylic acids is 1. The van der Waals surface area contributed by atoms with E-state index < -0.39 is 12.0 Å². The standard InChI is InChI=1S/C16H23NO4/c1-3-6-14(16(19)20)17-15(18)9-5-10-21-13-8-4-7-12(2)11-13/h4,7-8,11,14H,3,5-6,9-10H2,1-2H3,(H,17,18)(H,19,20)/t14-/m0/s1. The van der Waals surface area contributed by atoms with Crippen LogP contribution in [0.1, 0.15) is 38.2 Å². The molecule has 116 valence electrons. The van der Waals surface area contributed by atoms with Crippen LogP contribution in [0.5, 0.6) is 5.75 Å². The maximum absolute atomic E-state index is 11.7. The first-order valence-electron chi connectivity index (χ1n) is 7.24. The van der Waals surface area contributed by atoms with Gasteiger partial charge in [0.15, 0.2) is 0 Å². The van der Waals surface area contributed by atoms with Crippen molar-refractivity contribution in [3.63, 3.8) is 0 Å². The first-order chi connectivity index (χ1) is 10.0. The Hall–Kier alpha value is -2.04. The maximum Gasteiger partial charge on any atom is 0.326 e. The van der Waals surface area contributed by atoms with Gasteiger partial charge in [0.05, 0.1) is 6.61 Å². The third-order valence-corrected chi connectivity index (χ3v) is 3.02. The van der Waals surface area contributed by atoms with E-state index in [0.717, 1.165) is 11.3 Å². The predicted molar refractivity (Wildman–Crippen MR) is 80.4 cm³/mol.